The monoisotopic (exact) mass is 268 g/mol. The number of amides is 2. The van der Waals surface area contributed by atoms with Crippen molar-refractivity contribution in [1.82, 2.24) is 10.2 Å². The van der Waals surface area contributed by atoms with E-state index in [1.165, 1.54) is 0 Å². The Balaban J connectivity index is 2.81. The third-order valence-electron chi connectivity index (χ3n) is 4.01. The van der Waals surface area contributed by atoms with E-state index in [0.29, 0.717) is 6.54 Å². The minimum atomic E-state index is -0.353. The molecule has 0 aromatic carbocycles. The van der Waals surface area contributed by atoms with E-state index >= 15 is 0 Å². The van der Waals surface area contributed by atoms with Gasteiger partial charge in [-0.3, -0.25) is 9.59 Å². The molecule has 3 unspecified atom stereocenters. The van der Waals surface area contributed by atoms with Crippen molar-refractivity contribution in [1.29, 1.82) is 0 Å². The van der Waals surface area contributed by atoms with E-state index in [4.69, 9.17) is 0 Å². The summed E-state index contributed by atoms with van der Waals surface area (Å²) in [5, 5.41) is 2.86. The molecule has 3 atom stereocenters. The van der Waals surface area contributed by atoms with Crippen LogP contribution in [0.2, 0.25) is 0 Å². The number of nitrogens with zero attached hydrogens (tertiary/aromatic N) is 1. The van der Waals surface area contributed by atoms with Crippen LogP contribution in [-0.4, -0.2) is 35.3 Å². The lowest BCUT2D eigenvalue weighted by Crippen LogP contribution is -2.64. The van der Waals surface area contributed by atoms with E-state index in [-0.39, 0.29) is 35.2 Å². The maximum atomic E-state index is 12.5. The zero-order valence-electron chi connectivity index (χ0n) is 13.1. The van der Waals surface area contributed by atoms with Crippen LogP contribution < -0.4 is 5.32 Å². The van der Waals surface area contributed by atoms with Crippen molar-refractivity contribution in [2.75, 3.05) is 6.54 Å². The molecular weight excluding hydrogens is 240 g/mol. The number of piperazine rings is 1. The lowest BCUT2D eigenvalue weighted by Gasteiger charge is -2.40. The molecule has 1 fully saturated rings. The highest BCUT2D eigenvalue weighted by molar-refractivity contribution is 5.96. The van der Waals surface area contributed by atoms with E-state index in [9.17, 15) is 9.59 Å². The van der Waals surface area contributed by atoms with Gasteiger partial charge in [0.25, 0.3) is 0 Å². The molecule has 1 aliphatic rings. The molecule has 0 aromatic rings. The standard InChI is InChI=1S/C15H28N2O2/c1-7-10(2)12-14(19)17(9-8-15(4,5)6)11(3)13(18)16-12/h10-12H,7-9H2,1-6H3,(H,16,18). The molecule has 0 spiro atoms. The van der Waals surface area contributed by atoms with Gasteiger partial charge in [0.2, 0.25) is 11.8 Å². The molecular formula is C15H28N2O2. The topological polar surface area (TPSA) is 49.4 Å². The van der Waals surface area contributed by atoms with E-state index in [1.807, 2.05) is 20.8 Å². The third kappa shape index (κ3) is 3.95. The molecule has 19 heavy (non-hydrogen) atoms. The largest absolute Gasteiger partial charge is 0.342 e. The number of hydrogen-bond donors (Lipinski definition) is 1. The average molecular weight is 268 g/mol. The molecule has 0 aliphatic carbocycles. The number of carbonyl (C=O) groups is 2. The zero-order valence-corrected chi connectivity index (χ0v) is 13.1. The van der Waals surface area contributed by atoms with Crippen molar-refractivity contribution in [2.45, 2.75) is 66.5 Å². The fraction of sp³-hybridized carbons (Fsp3) is 0.867. The maximum absolute atomic E-state index is 12.5. The molecule has 2 amide bonds. The second kappa shape index (κ2) is 5.93. The summed E-state index contributed by atoms with van der Waals surface area (Å²) in [5.41, 5.74) is 0.166. The first-order chi connectivity index (χ1) is 8.67. The molecule has 0 saturated carbocycles. The Hall–Kier alpha value is -1.06. The van der Waals surface area contributed by atoms with Crippen LogP contribution in [0.3, 0.4) is 0 Å². The summed E-state index contributed by atoms with van der Waals surface area (Å²) in [5.74, 6) is 0.227. The summed E-state index contributed by atoms with van der Waals surface area (Å²) in [6.45, 7) is 13.0. The van der Waals surface area contributed by atoms with Crippen LogP contribution in [0.5, 0.6) is 0 Å². The van der Waals surface area contributed by atoms with Crippen LogP contribution >= 0.6 is 0 Å². The molecule has 4 nitrogen and oxygen atoms in total. The van der Waals surface area contributed by atoms with Gasteiger partial charge in [0.05, 0.1) is 0 Å². The third-order valence-corrected chi connectivity index (χ3v) is 4.01. The van der Waals surface area contributed by atoms with Gasteiger partial charge in [-0.25, -0.2) is 0 Å². The molecule has 0 radical (unpaired) electrons. The van der Waals surface area contributed by atoms with Crippen LogP contribution in [0, 0.1) is 11.3 Å². The molecule has 110 valence electrons. The van der Waals surface area contributed by atoms with Gasteiger partial charge < -0.3 is 10.2 Å². The summed E-state index contributed by atoms with van der Waals surface area (Å²) in [7, 11) is 0. The molecule has 0 bridgehead atoms. The van der Waals surface area contributed by atoms with Crippen molar-refractivity contribution in [2.24, 2.45) is 11.3 Å². The number of carbonyl (C=O) groups excluding carboxylic acids is 2. The van der Waals surface area contributed by atoms with Crippen LogP contribution in [0.15, 0.2) is 0 Å². The molecule has 4 heteroatoms. The van der Waals surface area contributed by atoms with Crippen molar-refractivity contribution in [3.8, 4) is 0 Å². The van der Waals surface area contributed by atoms with Gasteiger partial charge in [0, 0.05) is 6.54 Å². The molecule has 1 heterocycles. The van der Waals surface area contributed by atoms with E-state index < -0.39 is 0 Å². The minimum absolute atomic E-state index is 0.0289. The lowest BCUT2D eigenvalue weighted by atomic mass is 9.90. The number of nitrogens with one attached hydrogen (secondary N) is 1. The molecule has 1 saturated heterocycles. The van der Waals surface area contributed by atoms with Gasteiger partial charge in [-0.1, -0.05) is 41.0 Å². The van der Waals surface area contributed by atoms with Crippen LogP contribution in [0.25, 0.3) is 0 Å². The van der Waals surface area contributed by atoms with Gasteiger partial charge in [0.15, 0.2) is 0 Å². The van der Waals surface area contributed by atoms with Gasteiger partial charge in [-0.15, -0.1) is 0 Å². The quantitative estimate of drug-likeness (QED) is 0.849. The van der Waals surface area contributed by atoms with E-state index in [0.717, 1.165) is 12.8 Å². The van der Waals surface area contributed by atoms with Crippen molar-refractivity contribution < 1.29 is 9.59 Å². The zero-order chi connectivity index (χ0) is 14.8. The lowest BCUT2D eigenvalue weighted by molar-refractivity contribution is -0.150. The molecule has 1 aliphatic heterocycles. The number of hydrogen-bond acceptors (Lipinski definition) is 2. The smallest absolute Gasteiger partial charge is 0.246 e. The first-order valence-corrected chi connectivity index (χ1v) is 7.28. The van der Waals surface area contributed by atoms with Gasteiger partial charge in [0.1, 0.15) is 12.1 Å². The summed E-state index contributed by atoms with van der Waals surface area (Å²) >= 11 is 0. The predicted molar refractivity (Wildman–Crippen MR) is 76.6 cm³/mol. The summed E-state index contributed by atoms with van der Waals surface area (Å²) in [6, 6.07) is -0.705. The fourth-order valence-corrected chi connectivity index (χ4v) is 2.23. The van der Waals surface area contributed by atoms with Crippen molar-refractivity contribution in [3.63, 3.8) is 0 Å². The molecule has 1 N–H and O–H groups in total. The maximum Gasteiger partial charge on any atom is 0.246 e. The summed E-state index contributed by atoms with van der Waals surface area (Å²) in [6.07, 6.45) is 1.79. The van der Waals surface area contributed by atoms with Gasteiger partial charge in [-0.05, 0) is 24.7 Å². The number of rotatable bonds is 4. The Morgan fingerprint density at radius 2 is 1.89 bits per heavy atom. The van der Waals surface area contributed by atoms with E-state index in [1.54, 1.807) is 4.90 Å². The SMILES string of the molecule is CCC(C)C1NC(=O)C(C)N(CCC(C)(C)C)C1=O. The second-order valence-corrected chi connectivity index (χ2v) is 6.89. The Bertz CT molecular complexity index is 347. The van der Waals surface area contributed by atoms with Crippen LogP contribution in [0.1, 0.15) is 54.4 Å². The highest BCUT2D eigenvalue weighted by Gasteiger charge is 2.40. The normalized spacial score (nSPS) is 26.3. The first-order valence-electron chi connectivity index (χ1n) is 7.28. The van der Waals surface area contributed by atoms with Gasteiger partial charge in [-0.2, -0.15) is 0 Å². The first kappa shape index (κ1) is 16.0. The van der Waals surface area contributed by atoms with Crippen LogP contribution in [0.4, 0.5) is 0 Å². The summed E-state index contributed by atoms with van der Waals surface area (Å²) < 4.78 is 0. The Morgan fingerprint density at radius 1 is 1.32 bits per heavy atom. The van der Waals surface area contributed by atoms with Crippen molar-refractivity contribution >= 4 is 11.8 Å². The summed E-state index contributed by atoms with van der Waals surface area (Å²) in [4.78, 5) is 26.3. The fourth-order valence-electron chi connectivity index (χ4n) is 2.23. The second-order valence-electron chi connectivity index (χ2n) is 6.89. The molecule has 0 aromatic heterocycles. The Kier molecular flexibility index (Phi) is 4.99. The minimum Gasteiger partial charge on any atom is -0.342 e. The van der Waals surface area contributed by atoms with Crippen molar-refractivity contribution in [3.05, 3.63) is 0 Å². The van der Waals surface area contributed by atoms with Gasteiger partial charge >= 0.3 is 0 Å². The highest BCUT2D eigenvalue weighted by Crippen LogP contribution is 2.23. The average Bonchev–Trinajstić information content (AvgIpc) is 2.31. The molecule has 1 rings (SSSR count). The highest BCUT2D eigenvalue weighted by atomic mass is 16.2. The van der Waals surface area contributed by atoms with E-state index in [2.05, 4.69) is 26.1 Å². The Morgan fingerprint density at radius 3 is 2.37 bits per heavy atom. The predicted octanol–water partition coefficient (Wildman–Crippen LogP) is 2.18. The van der Waals surface area contributed by atoms with Crippen LogP contribution in [-0.2, 0) is 9.59 Å². The Labute approximate surface area is 116 Å².